The maximum absolute atomic E-state index is 13.6. The number of esters is 1. The van der Waals surface area contributed by atoms with Gasteiger partial charge in [-0.25, -0.2) is 9.78 Å². The molecule has 9 heteroatoms. The van der Waals surface area contributed by atoms with Crippen LogP contribution >= 0.6 is 0 Å². The minimum absolute atomic E-state index is 0.0841. The molecule has 0 amide bonds. The highest BCUT2D eigenvalue weighted by atomic mass is 16.6. The van der Waals surface area contributed by atoms with Gasteiger partial charge in [0.15, 0.2) is 5.60 Å². The summed E-state index contributed by atoms with van der Waals surface area (Å²) in [7, 11) is 0. The molecular formula is C35H30N2O7. The molecule has 9 nitrogen and oxygen atoms in total. The first kappa shape index (κ1) is 28.9. The number of aryl methyl sites for hydroxylation is 1. The lowest BCUT2D eigenvalue weighted by atomic mass is 9.86. The highest BCUT2D eigenvalue weighted by Gasteiger charge is 2.45. The van der Waals surface area contributed by atoms with Crippen molar-refractivity contribution in [2.24, 2.45) is 0 Å². The van der Waals surface area contributed by atoms with Gasteiger partial charge < -0.3 is 28.6 Å². The third-order valence-corrected chi connectivity index (χ3v) is 8.23. The van der Waals surface area contributed by atoms with Crippen molar-refractivity contribution in [3.8, 4) is 53.3 Å². The van der Waals surface area contributed by atoms with Gasteiger partial charge in [-0.2, -0.15) is 0 Å². The van der Waals surface area contributed by atoms with E-state index in [1.165, 1.54) is 0 Å². The lowest BCUT2D eigenvalue weighted by Gasteiger charge is -2.31. The smallest absolute Gasteiger partial charge is 0.343 e. The molecule has 0 saturated carbocycles. The van der Waals surface area contributed by atoms with E-state index in [-0.39, 0.29) is 38.4 Å². The third-order valence-electron chi connectivity index (χ3n) is 8.23. The topological polar surface area (TPSA) is 109 Å². The molecule has 1 N–H and O–H groups in total. The second kappa shape index (κ2) is 11.4. The van der Waals surface area contributed by atoms with E-state index in [1.807, 2.05) is 18.2 Å². The SMILES string of the molecule is C#CCOc1cccc(OCC#C)c1COc1ccc2nc3c(c(CC)c2c1)Cn1c-3cc2c(c1=O)COC(=O)[C@]2(O)CC. The molecule has 2 aromatic carbocycles. The van der Waals surface area contributed by atoms with Crippen LogP contribution in [0.4, 0.5) is 0 Å². The van der Waals surface area contributed by atoms with Crippen molar-refractivity contribution in [1.29, 1.82) is 0 Å². The zero-order valence-corrected chi connectivity index (χ0v) is 24.4. The molecule has 2 aliphatic rings. The van der Waals surface area contributed by atoms with Crippen LogP contribution in [0.3, 0.4) is 0 Å². The molecule has 4 heterocycles. The summed E-state index contributed by atoms with van der Waals surface area (Å²) in [5.41, 5.74) is 3.01. The molecule has 2 aromatic heterocycles. The number of terminal acetylenes is 2. The molecule has 2 aliphatic heterocycles. The highest BCUT2D eigenvalue weighted by Crippen LogP contribution is 2.41. The number of ether oxygens (including phenoxy) is 4. The molecule has 0 unspecified atom stereocenters. The number of fused-ring (bicyclic) bond motifs is 5. The Balaban J connectivity index is 1.38. The second-order valence-corrected chi connectivity index (χ2v) is 10.6. The summed E-state index contributed by atoms with van der Waals surface area (Å²) in [4.78, 5) is 31.1. The molecule has 0 bridgehead atoms. The summed E-state index contributed by atoms with van der Waals surface area (Å²) in [6, 6.07) is 12.7. The zero-order valence-electron chi connectivity index (χ0n) is 24.4. The van der Waals surface area contributed by atoms with Gasteiger partial charge in [0.25, 0.3) is 5.56 Å². The zero-order chi connectivity index (χ0) is 31.0. The average Bonchev–Trinajstić information content (AvgIpc) is 3.41. The number of aromatic nitrogens is 2. The fraction of sp³-hybridized carbons (Fsp3) is 0.286. The summed E-state index contributed by atoms with van der Waals surface area (Å²) in [6.07, 6.45) is 11.6. The van der Waals surface area contributed by atoms with Crippen LogP contribution in [0.15, 0.2) is 47.3 Å². The first-order valence-electron chi connectivity index (χ1n) is 14.3. The van der Waals surface area contributed by atoms with Gasteiger partial charge >= 0.3 is 5.97 Å². The van der Waals surface area contributed by atoms with Crippen LogP contribution < -0.4 is 19.8 Å². The predicted octanol–water partition coefficient (Wildman–Crippen LogP) is 4.25. The van der Waals surface area contributed by atoms with Crippen LogP contribution in [0.2, 0.25) is 0 Å². The normalized spacial score (nSPS) is 16.2. The second-order valence-electron chi connectivity index (χ2n) is 10.6. The van der Waals surface area contributed by atoms with E-state index in [4.69, 9.17) is 36.8 Å². The van der Waals surface area contributed by atoms with Gasteiger partial charge in [-0.1, -0.05) is 31.8 Å². The third kappa shape index (κ3) is 4.63. The van der Waals surface area contributed by atoms with Crippen LogP contribution in [-0.2, 0) is 41.3 Å². The quantitative estimate of drug-likeness (QED) is 0.201. The van der Waals surface area contributed by atoms with Gasteiger partial charge in [0.1, 0.15) is 43.7 Å². The van der Waals surface area contributed by atoms with Gasteiger partial charge in [-0.05, 0) is 54.8 Å². The van der Waals surface area contributed by atoms with Crippen molar-refractivity contribution in [3.63, 3.8) is 0 Å². The summed E-state index contributed by atoms with van der Waals surface area (Å²) in [6.45, 7) is 4.21. The summed E-state index contributed by atoms with van der Waals surface area (Å²) in [5.74, 6) is 5.88. The molecule has 1 atom stereocenters. The standard InChI is InChI=1S/C35H30N2O7/c1-5-14-41-30-10-9-11-31(42-15-6-2)26(30)20-43-21-12-13-28-23(16-21)22(7-3)24-18-37-29(32(24)36-28)17-27-25(33(37)38)19-44-34(39)35(27,40)8-4/h1-2,9-13,16-17,40H,7-8,14-15,18-20H2,3-4H3/t35-/m0/s1. The Kier molecular flexibility index (Phi) is 7.50. The van der Waals surface area contributed by atoms with Crippen molar-refractivity contribution in [2.45, 2.75) is 52.0 Å². The van der Waals surface area contributed by atoms with E-state index >= 15 is 0 Å². The van der Waals surface area contributed by atoms with Gasteiger partial charge in [0.05, 0.1) is 34.6 Å². The minimum Gasteiger partial charge on any atom is -0.489 e. The lowest BCUT2D eigenvalue weighted by Crippen LogP contribution is -2.44. The van der Waals surface area contributed by atoms with E-state index in [0.29, 0.717) is 58.3 Å². The Morgan fingerprint density at radius 3 is 2.39 bits per heavy atom. The number of nitrogens with zero attached hydrogens (tertiary/aromatic N) is 2. The number of hydrogen-bond acceptors (Lipinski definition) is 8. The van der Waals surface area contributed by atoms with E-state index in [9.17, 15) is 14.7 Å². The van der Waals surface area contributed by atoms with Crippen LogP contribution in [0.25, 0.3) is 22.3 Å². The van der Waals surface area contributed by atoms with Crippen LogP contribution in [-0.4, -0.2) is 33.8 Å². The molecule has 222 valence electrons. The molecule has 6 rings (SSSR count). The van der Waals surface area contributed by atoms with Gasteiger partial charge in [0.2, 0.25) is 0 Å². The predicted molar refractivity (Wildman–Crippen MR) is 163 cm³/mol. The average molecular weight is 591 g/mol. The largest absolute Gasteiger partial charge is 0.489 e. The Labute approximate surface area is 254 Å². The van der Waals surface area contributed by atoms with Crippen molar-refractivity contribution >= 4 is 16.9 Å². The van der Waals surface area contributed by atoms with Crippen LogP contribution in [0, 0.1) is 24.7 Å². The number of cyclic esters (lactones) is 1. The Hall–Kier alpha value is -5.25. The van der Waals surface area contributed by atoms with E-state index < -0.39 is 11.6 Å². The Bertz CT molecular complexity index is 1930. The molecule has 0 fully saturated rings. The van der Waals surface area contributed by atoms with Crippen molar-refractivity contribution < 1.29 is 28.8 Å². The summed E-state index contributed by atoms with van der Waals surface area (Å²) >= 11 is 0. The maximum atomic E-state index is 13.6. The van der Waals surface area contributed by atoms with Gasteiger partial charge in [-0.3, -0.25) is 4.79 Å². The maximum Gasteiger partial charge on any atom is 0.343 e. The number of rotatable bonds is 9. The number of carbonyl (C=O) groups excluding carboxylic acids is 1. The van der Waals surface area contributed by atoms with Gasteiger partial charge in [-0.15, -0.1) is 12.8 Å². The van der Waals surface area contributed by atoms with Crippen LogP contribution in [0.1, 0.15) is 48.1 Å². The first-order chi connectivity index (χ1) is 21.3. The Morgan fingerprint density at radius 2 is 1.73 bits per heavy atom. The van der Waals surface area contributed by atoms with E-state index in [2.05, 4.69) is 18.8 Å². The minimum atomic E-state index is -1.88. The molecule has 0 saturated heterocycles. The lowest BCUT2D eigenvalue weighted by molar-refractivity contribution is -0.172. The Morgan fingerprint density at radius 1 is 1.00 bits per heavy atom. The molecule has 4 aromatic rings. The molecule has 0 radical (unpaired) electrons. The van der Waals surface area contributed by atoms with Crippen LogP contribution in [0.5, 0.6) is 17.2 Å². The van der Waals surface area contributed by atoms with Gasteiger partial charge in [0, 0.05) is 16.5 Å². The molecule has 0 aliphatic carbocycles. The monoisotopic (exact) mass is 590 g/mol. The fourth-order valence-corrected chi connectivity index (χ4v) is 5.99. The van der Waals surface area contributed by atoms with Crippen molar-refractivity contribution in [3.05, 3.63) is 80.6 Å². The van der Waals surface area contributed by atoms with Crippen molar-refractivity contribution in [1.82, 2.24) is 9.55 Å². The molecule has 44 heavy (non-hydrogen) atoms. The molecule has 0 spiro atoms. The summed E-state index contributed by atoms with van der Waals surface area (Å²) < 4.78 is 24.5. The number of aliphatic hydroxyl groups is 1. The van der Waals surface area contributed by atoms with E-state index in [0.717, 1.165) is 22.0 Å². The molecular weight excluding hydrogens is 560 g/mol. The first-order valence-corrected chi connectivity index (χ1v) is 14.3. The summed E-state index contributed by atoms with van der Waals surface area (Å²) in [5, 5.41) is 12.1. The van der Waals surface area contributed by atoms with Crippen molar-refractivity contribution in [2.75, 3.05) is 13.2 Å². The van der Waals surface area contributed by atoms with E-state index in [1.54, 1.807) is 35.8 Å². The number of benzene rings is 2. The number of pyridine rings is 2. The highest BCUT2D eigenvalue weighted by molar-refractivity contribution is 5.90. The number of hydrogen-bond donors (Lipinski definition) is 1. The number of carbonyl (C=O) groups is 1. The fourth-order valence-electron chi connectivity index (χ4n) is 5.99.